The fourth-order valence-electron chi connectivity index (χ4n) is 2.86. The van der Waals surface area contributed by atoms with E-state index in [1.165, 1.54) is 5.56 Å². The van der Waals surface area contributed by atoms with Crippen LogP contribution in [0.5, 0.6) is 0 Å². The van der Waals surface area contributed by atoms with Crippen LogP contribution < -0.4 is 0 Å². The van der Waals surface area contributed by atoms with Crippen molar-refractivity contribution in [1.29, 1.82) is 0 Å². The predicted octanol–water partition coefficient (Wildman–Crippen LogP) is 2.59. The molecule has 0 radical (unpaired) electrons. The second-order valence-electron chi connectivity index (χ2n) is 6.08. The number of sulfone groups is 1. The summed E-state index contributed by atoms with van der Waals surface area (Å²) in [6, 6.07) is 10.2. The minimum atomic E-state index is -2.97. The lowest BCUT2D eigenvalue weighted by molar-refractivity contribution is 0.205. The van der Waals surface area contributed by atoms with Gasteiger partial charge < -0.3 is 4.42 Å². The molecule has 1 aliphatic heterocycles. The lowest BCUT2D eigenvalue weighted by Crippen LogP contribution is -2.26. The van der Waals surface area contributed by atoms with Gasteiger partial charge in [-0.05, 0) is 30.7 Å². The molecule has 0 spiro atoms. The zero-order valence-corrected chi connectivity index (χ0v) is 15.2. The first-order valence-corrected chi connectivity index (χ1v) is 10.2. The minimum absolute atomic E-state index is 0.101. The maximum Gasteiger partial charge on any atom is 0.288 e. The molecule has 0 saturated carbocycles. The van der Waals surface area contributed by atoms with E-state index in [0.29, 0.717) is 23.8 Å². The fraction of sp³-hybridized carbons (Fsp3) is 0.500. The van der Waals surface area contributed by atoms with Gasteiger partial charge in [-0.15, -0.1) is 5.10 Å². The molecule has 0 amide bonds. The smallest absolute Gasteiger partial charge is 0.288 e. The highest BCUT2D eigenvalue weighted by atomic mass is 32.2. The molecular weight excluding hydrogens is 346 g/mol. The van der Waals surface area contributed by atoms with E-state index in [1.54, 1.807) is 4.68 Å². The second kappa shape index (κ2) is 7.16. The van der Waals surface area contributed by atoms with Crippen LogP contribution in [-0.2, 0) is 23.1 Å². The summed E-state index contributed by atoms with van der Waals surface area (Å²) in [5.74, 6) is 0.560. The van der Waals surface area contributed by atoms with Crippen LogP contribution in [0.2, 0.25) is 0 Å². The minimum Gasteiger partial charge on any atom is -0.414 e. The maximum absolute atomic E-state index is 11.6. The van der Waals surface area contributed by atoms with Gasteiger partial charge in [0, 0.05) is 6.54 Å². The van der Waals surface area contributed by atoms with E-state index in [1.807, 2.05) is 18.2 Å². The van der Waals surface area contributed by atoms with Crippen molar-refractivity contribution in [2.24, 2.45) is 0 Å². The Hall–Kier alpha value is -1.51. The Bertz CT molecular complexity index is 843. The Morgan fingerprint density at radius 3 is 2.75 bits per heavy atom. The molecule has 130 valence electrons. The summed E-state index contributed by atoms with van der Waals surface area (Å²) in [6.07, 6.45) is 0.555. The number of benzene rings is 1. The summed E-state index contributed by atoms with van der Waals surface area (Å²) in [6.45, 7) is 4.24. The highest BCUT2D eigenvalue weighted by Crippen LogP contribution is 2.27. The zero-order valence-electron chi connectivity index (χ0n) is 13.6. The topological polar surface area (TPSA) is 68.3 Å². The van der Waals surface area contributed by atoms with Gasteiger partial charge in [0.25, 0.3) is 4.84 Å². The number of hydrogen-bond donors (Lipinski definition) is 0. The molecule has 0 aliphatic carbocycles. The largest absolute Gasteiger partial charge is 0.414 e. The highest BCUT2D eigenvalue weighted by Gasteiger charge is 2.32. The average Bonchev–Trinajstić information content (AvgIpc) is 3.10. The number of rotatable bonds is 6. The van der Waals surface area contributed by atoms with E-state index in [0.717, 1.165) is 13.1 Å². The van der Waals surface area contributed by atoms with Crippen molar-refractivity contribution in [3.8, 4) is 0 Å². The molecule has 1 atom stereocenters. The highest BCUT2D eigenvalue weighted by molar-refractivity contribution is 7.91. The molecule has 1 saturated heterocycles. The van der Waals surface area contributed by atoms with Crippen molar-refractivity contribution in [1.82, 2.24) is 14.7 Å². The van der Waals surface area contributed by atoms with Crippen LogP contribution >= 0.6 is 12.2 Å². The summed E-state index contributed by atoms with van der Waals surface area (Å²) in [4.78, 5) is 2.49. The van der Waals surface area contributed by atoms with Crippen molar-refractivity contribution in [3.63, 3.8) is 0 Å². The molecule has 1 aromatic heterocycles. The van der Waals surface area contributed by atoms with E-state index in [-0.39, 0.29) is 17.4 Å². The lowest BCUT2D eigenvalue weighted by Gasteiger charge is -2.19. The van der Waals surface area contributed by atoms with Crippen LogP contribution in [-0.4, -0.2) is 41.1 Å². The first kappa shape index (κ1) is 17.3. The third-order valence-electron chi connectivity index (χ3n) is 4.23. The molecule has 0 bridgehead atoms. The van der Waals surface area contributed by atoms with Gasteiger partial charge in [0.2, 0.25) is 5.89 Å². The van der Waals surface area contributed by atoms with E-state index in [4.69, 9.17) is 16.6 Å². The predicted molar refractivity (Wildman–Crippen MR) is 93.9 cm³/mol. The normalized spacial score (nSPS) is 19.8. The van der Waals surface area contributed by atoms with Gasteiger partial charge in [-0.2, -0.15) is 0 Å². The Kier molecular flexibility index (Phi) is 5.17. The van der Waals surface area contributed by atoms with Gasteiger partial charge in [0.05, 0.1) is 24.1 Å². The molecular formula is C16H21N3O3S2. The fourth-order valence-corrected chi connectivity index (χ4v) is 4.78. The summed E-state index contributed by atoms with van der Waals surface area (Å²) >= 11 is 5.25. The van der Waals surface area contributed by atoms with E-state index in [9.17, 15) is 8.42 Å². The van der Waals surface area contributed by atoms with E-state index in [2.05, 4.69) is 29.1 Å². The number of aromatic nitrogens is 2. The van der Waals surface area contributed by atoms with Gasteiger partial charge in [0.1, 0.15) is 0 Å². The zero-order chi connectivity index (χ0) is 17.2. The van der Waals surface area contributed by atoms with Crippen molar-refractivity contribution in [2.75, 3.05) is 18.1 Å². The van der Waals surface area contributed by atoms with Crippen LogP contribution in [0.15, 0.2) is 34.7 Å². The Morgan fingerprint density at radius 2 is 2.12 bits per heavy atom. The first-order chi connectivity index (χ1) is 11.5. The van der Waals surface area contributed by atoms with Crippen LogP contribution in [0.3, 0.4) is 0 Å². The standard InChI is InChI=1S/C16H21N3O3S2/c1-2-18(10-13-6-4-3-5-7-13)12-19-16(23)22-15(17-19)14-8-9-24(20,21)11-14/h3-7,14H,2,8-12H2,1H3/t14-/m0/s1. The monoisotopic (exact) mass is 367 g/mol. The van der Waals surface area contributed by atoms with Crippen molar-refractivity contribution in [3.05, 3.63) is 46.6 Å². The van der Waals surface area contributed by atoms with Crippen molar-refractivity contribution in [2.45, 2.75) is 32.5 Å². The molecule has 3 rings (SSSR count). The molecule has 1 aromatic carbocycles. The molecule has 2 aromatic rings. The summed E-state index contributed by atoms with van der Waals surface area (Å²) in [5, 5.41) is 4.43. The van der Waals surface area contributed by atoms with Crippen LogP contribution in [0.1, 0.15) is 30.7 Å². The van der Waals surface area contributed by atoms with Gasteiger partial charge in [-0.25, -0.2) is 13.1 Å². The average molecular weight is 367 g/mol. The third kappa shape index (κ3) is 4.12. The molecule has 24 heavy (non-hydrogen) atoms. The van der Waals surface area contributed by atoms with Crippen LogP contribution in [0, 0.1) is 4.84 Å². The Balaban J connectivity index is 1.71. The molecule has 1 aliphatic rings. The van der Waals surface area contributed by atoms with Gasteiger partial charge in [0.15, 0.2) is 9.84 Å². The molecule has 1 fully saturated rings. The lowest BCUT2D eigenvalue weighted by atomic mass is 10.1. The molecule has 8 heteroatoms. The van der Waals surface area contributed by atoms with Crippen LogP contribution in [0.25, 0.3) is 0 Å². The van der Waals surface area contributed by atoms with Gasteiger partial charge in [-0.1, -0.05) is 37.3 Å². The van der Waals surface area contributed by atoms with Crippen molar-refractivity contribution < 1.29 is 12.8 Å². The summed E-state index contributed by atoms with van der Waals surface area (Å²) in [7, 11) is -2.97. The van der Waals surface area contributed by atoms with E-state index < -0.39 is 9.84 Å². The molecule has 2 heterocycles. The van der Waals surface area contributed by atoms with E-state index >= 15 is 0 Å². The second-order valence-corrected chi connectivity index (χ2v) is 8.66. The molecule has 0 N–H and O–H groups in total. The number of hydrogen-bond acceptors (Lipinski definition) is 6. The van der Waals surface area contributed by atoms with Gasteiger partial charge in [-0.3, -0.25) is 4.90 Å². The van der Waals surface area contributed by atoms with Crippen LogP contribution in [0.4, 0.5) is 0 Å². The maximum atomic E-state index is 11.6. The third-order valence-corrected chi connectivity index (χ3v) is 6.30. The first-order valence-electron chi connectivity index (χ1n) is 8.01. The van der Waals surface area contributed by atoms with Gasteiger partial charge >= 0.3 is 0 Å². The van der Waals surface area contributed by atoms with Crippen molar-refractivity contribution >= 4 is 22.1 Å². The summed E-state index contributed by atoms with van der Waals surface area (Å²) in [5.41, 5.74) is 1.22. The number of nitrogens with zero attached hydrogens (tertiary/aromatic N) is 3. The Morgan fingerprint density at radius 1 is 1.38 bits per heavy atom. The summed E-state index contributed by atoms with van der Waals surface area (Å²) < 4.78 is 30.4. The Labute approximate surface area is 147 Å². The molecule has 0 unspecified atom stereocenters. The SMILES string of the molecule is CCN(Cc1ccccc1)Cn1nc([C@H]2CCS(=O)(=O)C2)oc1=S. The quantitative estimate of drug-likeness (QED) is 0.731. The molecule has 6 nitrogen and oxygen atoms in total.